The number of hydrogen-bond acceptors (Lipinski definition) is 4. The van der Waals surface area contributed by atoms with Crippen molar-refractivity contribution in [3.05, 3.63) is 23.9 Å². The number of rotatable bonds is 4. The maximum Gasteiger partial charge on any atom is 0.405 e. The van der Waals surface area contributed by atoms with Crippen molar-refractivity contribution >= 4 is 5.91 Å². The maximum atomic E-state index is 12.0. The van der Waals surface area contributed by atoms with Crippen LogP contribution < -0.4 is 10.1 Å². The van der Waals surface area contributed by atoms with Crippen LogP contribution in [0.4, 0.5) is 13.2 Å². The van der Waals surface area contributed by atoms with Crippen LogP contribution in [0, 0.1) is 0 Å². The zero-order valence-corrected chi connectivity index (χ0v) is 10.4. The van der Waals surface area contributed by atoms with E-state index in [1.165, 1.54) is 18.3 Å². The molecular formula is C12H13F3N2O3. The van der Waals surface area contributed by atoms with Crippen LogP contribution in [0.25, 0.3) is 0 Å². The molecule has 0 saturated carbocycles. The number of carbonyl (C=O) groups is 1. The van der Waals surface area contributed by atoms with E-state index in [1.54, 1.807) is 5.32 Å². The van der Waals surface area contributed by atoms with Crippen LogP contribution in [-0.2, 0) is 4.74 Å². The van der Waals surface area contributed by atoms with Gasteiger partial charge in [-0.3, -0.25) is 4.79 Å². The summed E-state index contributed by atoms with van der Waals surface area (Å²) in [4.78, 5) is 15.3. The lowest BCUT2D eigenvalue weighted by atomic mass is 10.2. The number of pyridine rings is 1. The Balaban J connectivity index is 1.88. The Kier molecular flexibility index (Phi) is 4.43. The van der Waals surface area contributed by atoms with E-state index in [-0.39, 0.29) is 11.7 Å². The molecule has 1 aliphatic rings. The first-order chi connectivity index (χ1) is 9.44. The molecule has 1 atom stereocenters. The molecule has 0 aromatic carbocycles. The van der Waals surface area contributed by atoms with Crippen LogP contribution in [0.5, 0.6) is 5.88 Å². The third-order valence-corrected chi connectivity index (χ3v) is 2.62. The van der Waals surface area contributed by atoms with Crippen molar-refractivity contribution in [2.24, 2.45) is 0 Å². The maximum absolute atomic E-state index is 12.0. The Bertz CT molecular complexity index is 456. The number of amides is 1. The quantitative estimate of drug-likeness (QED) is 0.914. The summed E-state index contributed by atoms with van der Waals surface area (Å²) in [6.07, 6.45) is -2.58. The van der Waals surface area contributed by atoms with Gasteiger partial charge >= 0.3 is 6.18 Å². The van der Waals surface area contributed by atoms with Gasteiger partial charge in [0, 0.05) is 18.7 Å². The molecule has 0 bridgehead atoms. The molecule has 110 valence electrons. The molecule has 1 aromatic heterocycles. The molecule has 8 heteroatoms. The molecule has 1 fully saturated rings. The van der Waals surface area contributed by atoms with E-state index in [2.05, 4.69) is 4.98 Å². The first-order valence-corrected chi connectivity index (χ1v) is 5.99. The summed E-state index contributed by atoms with van der Waals surface area (Å²) in [6.45, 7) is -0.262. The number of ether oxygens (including phenoxy) is 2. The zero-order valence-electron chi connectivity index (χ0n) is 10.4. The van der Waals surface area contributed by atoms with Crippen molar-refractivity contribution in [1.82, 2.24) is 10.3 Å². The number of alkyl halides is 3. The molecule has 2 heterocycles. The SMILES string of the molecule is O=C(NCC(F)(F)F)c1ccc(OC2CCOC2)nc1. The first-order valence-electron chi connectivity index (χ1n) is 5.99. The van der Waals surface area contributed by atoms with Gasteiger partial charge in [0.05, 0.1) is 18.8 Å². The van der Waals surface area contributed by atoms with Crippen LogP contribution in [0.3, 0.4) is 0 Å². The molecule has 0 aliphatic carbocycles. The van der Waals surface area contributed by atoms with Gasteiger partial charge in [0.1, 0.15) is 12.6 Å². The Hall–Kier alpha value is -1.83. The van der Waals surface area contributed by atoms with Crippen LogP contribution in [0.1, 0.15) is 16.8 Å². The molecule has 1 amide bonds. The summed E-state index contributed by atoms with van der Waals surface area (Å²) in [7, 11) is 0. The van der Waals surface area contributed by atoms with Gasteiger partial charge in [-0.2, -0.15) is 13.2 Å². The van der Waals surface area contributed by atoms with E-state index in [0.717, 1.165) is 6.42 Å². The number of aromatic nitrogens is 1. The van der Waals surface area contributed by atoms with Gasteiger partial charge in [-0.15, -0.1) is 0 Å². The third kappa shape index (κ3) is 4.37. The van der Waals surface area contributed by atoms with E-state index < -0.39 is 18.6 Å². The van der Waals surface area contributed by atoms with Gasteiger partial charge < -0.3 is 14.8 Å². The highest BCUT2D eigenvalue weighted by Gasteiger charge is 2.28. The van der Waals surface area contributed by atoms with E-state index in [4.69, 9.17) is 9.47 Å². The molecular weight excluding hydrogens is 277 g/mol. The first kappa shape index (κ1) is 14.6. The normalized spacial score (nSPS) is 18.9. The molecule has 5 nitrogen and oxygen atoms in total. The summed E-state index contributed by atoms with van der Waals surface area (Å²) < 4.78 is 46.5. The van der Waals surface area contributed by atoms with Crippen molar-refractivity contribution in [3.63, 3.8) is 0 Å². The number of hydrogen-bond donors (Lipinski definition) is 1. The fourth-order valence-corrected chi connectivity index (χ4v) is 1.64. The minimum absolute atomic E-state index is 0.0456. The van der Waals surface area contributed by atoms with E-state index in [0.29, 0.717) is 19.1 Å². The molecule has 20 heavy (non-hydrogen) atoms. The van der Waals surface area contributed by atoms with Crippen LogP contribution >= 0.6 is 0 Å². The molecule has 1 unspecified atom stereocenters. The van der Waals surface area contributed by atoms with E-state index in [9.17, 15) is 18.0 Å². The Morgan fingerprint density at radius 2 is 2.30 bits per heavy atom. The van der Waals surface area contributed by atoms with Crippen molar-refractivity contribution in [2.75, 3.05) is 19.8 Å². The van der Waals surface area contributed by atoms with Crippen LogP contribution in [0.15, 0.2) is 18.3 Å². The molecule has 1 aromatic rings. The van der Waals surface area contributed by atoms with Gasteiger partial charge in [-0.1, -0.05) is 0 Å². The van der Waals surface area contributed by atoms with E-state index in [1.807, 2.05) is 0 Å². The fraction of sp³-hybridized carbons (Fsp3) is 0.500. The Morgan fingerprint density at radius 3 is 2.85 bits per heavy atom. The second-order valence-electron chi connectivity index (χ2n) is 4.29. The molecule has 0 spiro atoms. The second kappa shape index (κ2) is 6.08. The molecule has 2 rings (SSSR count). The summed E-state index contributed by atoms with van der Waals surface area (Å²) >= 11 is 0. The van der Waals surface area contributed by atoms with Crippen molar-refractivity contribution in [1.29, 1.82) is 0 Å². The molecule has 1 N–H and O–H groups in total. The third-order valence-electron chi connectivity index (χ3n) is 2.62. The average Bonchev–Trinajstić information content (AvgIpc) is 2.89. The van der Waals surface area contributed by atoms with Gasteiger partial charge in [0.2, 0.25) is 5.88 Å². The van der Waals surface area contributed by atoms with Gasteiger partial charge in [-0.05, 0) is 6.07 Å². The van der Waals surface area contributed by atoms with Gasteiger partial charge in [0.25, 0.3) is 5.91 Å². The highest BCUT2D eigenvalue weighted by molar-refractivity contribution is 5.93. The minimum Gasteiger partial charge on any atom is -0.472 e. The second-order valence-corrected chi connectivity index (χ2v) is 4.29. The number of halogens is 3. The predicted octanol–water partition coefficient (Wildman–Crippen LogP) is 1.54. The average molecular weight is 290 g/mol. The van der Waals surface area contributed by atoms with Gasteiger partial charge in [0.15, 0.2) is 0 Å². The lowest BCUT2D eigenvalue weighted by Crippen LogP contribution is -2.33. The summed E-state index contributed by atoms with van der Waals surface area (Å²) in [5.74, 6) is -0.515. The predicted molar refractivity (Wildman–Crippen MR) is 62.5 cm³/mol. The van der Waals surface area contributed by atoms with E-state index >= 15 is 0 Å². The Morgan fingerprint density at radius 1 is 1.50 bits per heavy atom. The minimum atomic E-state index is -4.44. The lowest BCUT2D eigenvalue weighted by Gasteiger charge is -2.11. The number of carbonyl (C=O) groups excluding carboxylic acids is 1. The molecule has 0 radical (unpaired) electrons. The highest BCUT2D eigenvalue weighted by atomic mass is 19.4. The summed E-state index contributed by atoms with van der Waals surface area (Å²) in [5.41, 5.74) is 0.0456. The van der Waals surface area contributed by atoms with Crippen LogP contribution in [-0.4, -0.2) is 42.9 Å². The highest BCUT2D eigenvalue weighted by Crippen LogP contribution is 2.15. The monoisotopic (exact) mass is 290 g/mol. The molecule has 1 aliphatic heterocycles. The van der Waals surface area contributed by atoms with Crippen molar-refractivity contribution in [3.8, 4) is 5.88 Å². The largest absolute Gasteiger partial charge is 0.472 e. The number of nitrogens with zero attached hydrogens (tertiary/aromatic N) is 1. The standard InChI is InChI=1S/C12H13F3N2O3/c13-12(14,15)7-17-11(18)8-1-2-10(16-5-8)20-9-3-4-19-6-9/h1-2,5,9H,3-4,6-7H2,(H,17,18). The smallest absolute Gasteiger partial charge is 0.405 e. The summed E-state index contributed by atoms with van der Waals surface area (Å²) in [6, 6.07) is 2.81. The summed E-state index contributed by atoms with van der Waals surface area (Å²) in [5, 5.41) is 1.77. The van der Waals surface area contributed by atoms with Crippen molar-refractivity contribution in [2.45, 2.75) is 18.7 Å². The zero-order chi connectivity index (χ0) is 14.6. The molecule has 1 saturated heterocycles. The topological polar surface area (TPSA) is 60.5 Å². The van der Waals surface area contributed by atoms with Gasteiger partial charge in [-0.25, -0.2) is 4.98 Å². The Labute approximate surface area is 113 Å². The fourth-order valence-electron chi connectivity index (χ4n) is 1.64. The van der Waals surface area contributed by atoms with Crippen LogP contribution in [0.2, 0.25) is 0 Å². The lowest BCUT2D eigenvalue weighted by molar-refractivity contribution is -0.123. The number of nitrogens with one attached hydrogen (secondary N) is 1. The van der Waals surface area contributed by atoms with Crippen molar-refractivity contribution < 1.29 is 27.4 Å².